The molecule has 0 aromatic carbocycles. The van der Waals surface area contributed by atoms with Gasteiger partial charge in [0.25, 0.3) is 0 Å². The molecule has 3 N–H and O–H groups in total. The highest BCUT2D eigenvalue weighted by molar-refractivity contribution is 5.72. The van der Waals surface area contributed by atoms with Gasteiger partial charge in [-0.15, -0.1) is 0 Å². The molecule has 0 amide bonds. The molecule has 0 bridgehead atoms. The third-order valence-corrected chi connectivity index (χ3v) is 4.83. The van der Waals surface area contributed by atoms with E-state index in [0.29, 0.717) is 26.4 Å². The molecule has 46 heavy (non-hydrogen) atoms. The van der Waals surface area contributed by atoms with Crippen LogP contribution in [0.2, 0.25) is 0 Å². The maximum absolute atomic E-state index is 9.44. The lowest BCUT2D eigenvalue weighted by Crippen LogP contribution is -2.29. The van der Waals surface area contributed by atoms with Gasteiger partial charge in [-0.05, 0) is 109 Å². The molecule has 0 aliphatic rings. The van der Waals surface area contributed by atoms with Crippen molar-refractivity contribution >= 4 is 5.78 Å². The third kappa shape index (κ3) is 79.1. The Labute approximate surface area is 286 Å². The number of ketones is 1. The van der Waals surface area contributed by atoms with Crippen LogP contribution in [0.5, 0.6) is 0 Å². The van der Waals surface area contributed by atoms with Crippen molar-refractivity contribution in [3.05, 3.63) is 0 Å². The lowest BCUT2D eigenvalue weighted by molar-refractivity contribution is -0.214. The molecule has 0 spiro atoms. The molecule has 0 aliphatic heterocycles. The molecule has 0 aliphatic carbocycles. The van der Waals surface area contributed by atoms with Crippen molar-refractivity contribution in [3.63, 3.8) is 0 Å². The number of carbonyl (C=O) groups is 1. The summed E-state index contributed by atoms with van der Waals surface area (Å²) in [7, 11) is 0. The van der Waals surface area contributed by atoms with Crippen LogP contribution in [0.1, 0.15) is 162 Å². The molecule has 0 heterocycles. The topological polar surface area (TPSA) is 143 Å². The van der Waals surface area contributed by atoms with Gasteiger partial charge in [0.1, 0.15) is 5.78 Å². The van der Waals surface area contributed by atoms with Gasteiger partial charge in [0, 0.05) is 52.9 Å². The summed E-state index contributed by atoms with van der Waals surface area (Å²) in [6.45, 7) is 36.0. The van der Waals surface area contributed by atoms with Gasteiger partial charge in [-0.2, -0.15) is 0 Å². The summed E-state index contributed by atoms with van der Waals surface area (Å²) >= 11 is 0. The number of rotatable bonds is 20. The number of ether oxygens (including phenoxy) is 6. The molecular formula is C36H83O10-. The largest absolute Gasteiger partial charge is 0.870 e. The number of unbranched alkanes of at least 4 members (excludes halogenated alkanes) is 4. The SMILES string of the molecule is CC(C)=O.CCCCO.CCCCOC(C)(C)OCC.CCCCOC(C)(C)OCCCC.CCO.CCOC(C)(C)OCC.[OH-]. The number of Topliss-reactive ketones (excluding diaryl/α,β-unsaturated/α-hetero) is 1. The highest BCUT2D eigenvalue weighted by Crippen LogP contribution is 2.13. The van der Waals surface area contributed by atoms with Crippen LogP contribution >= 0.6 is 0 Å². The van der Waals surface area contributed by atoms with Gasteiger partial charge in [-0.25, -0.2) is 0 Å². The maximum atomic E-state index is 9.44. The van der Waals surface area contributed by atoms with Crippen molar-refractivity contribution in [1.82, 2.24) is 0 Å². The predicted octanol–water partition coefficient (Wildman–Crippen LogP) is 8.92. The molecule has 0 atom stereocenters. The van der Waals surface area contributed by atoms with E-state index in [2.05, 4.69) is 27.7 Å². The van der Waals surface area contributed by atoms with Crippen LogP contribution in [0.3, 0.4) is 0 Å². The molecule has 0 unspecified atom stereocenters. The zero-order valence-corrected chi connectivity index (χ0v) is 33.5. The molecule has 0 aromatic rings. The Morgan fingerprint density at radius 3 is 0.826 bits per heavy atom. The van der Waals surface area contributed by atoms with Crippen molar-refractivity contribution in [2.24, 2.45) is 0 Å². The Kier molecular flexibility index (Phi) is 61.2. The van der Waals surface area contributed by atoms with Gasteiger partial charge in [0.15, 0.2) is 17.4 Å². The summed E-state index contributed by atoms with van der Waals surface area (Å²) in [5, 5.41) is 15.6. The summed E-state index contributed by atoms with van der Waals surface area (Å²) in [4.78, 5) is 9.44. The van der Waals surface area contributed by atoms with E-state index in [-0.39, 0.29) is 17.9 Å². The maximum Gasteiger partial charge on any atom is 0.162 e. The summed E-state index contributed by atoms with van der Waals surface area (Å²) in [5.74, 6) is -1.03. The standard InChI is InChI=1S/C11H24O2.C9H20O2.C7H16O2.C4H10O.C3H6O.C2H6O.H2O/c1-5-7-9-12-11(3,4)13-10-8-6-2;1-5-7-8-11-9(3,4)10-6-2;1-5-8-7(3,4)9-6-2;1-2-3-4-5;1-3(2)4;1-2-3;/h5-10H2,1-4H3;5-8H2,1-4H3;5-6H2,1-4H3;5H,2-4H2,1H3;1-2H3;3H,2H2,1H3;1H2/p-1. The third-order valence-electron chi connectivity index (χ3n) is 4.83. The summed E-state index contributed by atoms with van der Waals surface area (Å²) in [5.41, 5.74) is 0. The second-order valence-electron chi connectivity index (χ2n) is 11.4. The first-order valence-corrected chi connectivity index (χ1v) is 17.5. The minimum absolute atomic E-state index is 0. The van der Waals surface area contributed by atoms with Crippen LogP contribution in [0, 0.1) is 0 Å². The van der Waals surface area contributed by atoms with Gasteiger partial charge >= 0.3 is 0 Å². The molecule has 10 heteroatoms. The Hall–Kier alpha value is -0.690. The smallest absolute Gasteiger partial charge is 0.162 e. The minimum Gasteiger partial charge on any atom is -0.870 e. The Morgan fingerprint density at radius 1 is 0.478 bits per heavy atom. The average molecular weight is 676 g/mol. The molecule has 0 aromatic heterocycles. The van der Waals surface area contributed by atoms with E-state index < -0.39 is 17.4 Å². The highest BCUT2D eigenvalue weighted by Gasteiger charge is 2.18. The van der Waals surface area contributed by atoms with Gasteiger partial charge in [0.05, 0.1) is 0 Å². The fourth-order valence-electron chi connectivity index (χ4n) is 2.71. The fourth-order valence-corrected chi connectivity index (χ4v) is 2.71. The first-order valence-electron chi connectivity index (χ1n) is 17.5. The van der Waals surface area contributed by atoms with Gasteiger partial charge in [-0.3, -0.25) is 0 Å². The highest BCUT2D eigenvalue weighted by atomic mass is 16.7. The normalized spacial score (nSPS) is 10.5. The molecule has 0 fully saturated rings. The van der Waals surface area contributed by atoms with Crippen molar-refractivity contribution in [3.8, 4) is 0 Å². The van der Waals surface area contributed by atoms with E-state index in [4.69, 9.17) is 38.6 Å². The van der Waals surface area contributed by atoms with E-state index in [9.17, 15) is 4.79 Å². The van der Waals surface area contributed by atoms with Crippen molar-refractivity contribution in [1.29, 1.82) is 0 Å². The van der Waals surface area contributed by atoms with E-state index in [0.717, 1.165) is 51.9 Å². The van der Waals surface area contributed by atoms with Crippen molar-refractivity contribution < 1.29 is 48.9 Å². The molecule has 0 radical (unpaired) electrons. The zero-order chi connectivity index (χ0) is 36.6. The second kappa shape index (κ2) is 46.4. The number of carbonyl (C=O) groups excluding carboxylic acids is 1. The number of hydrogen-bond acceptors (Lipinski definition) is 10. The molecule has 288 valence electrons. The quantitative estimate of drug-likeness (QED) is 0.0948. The van der Waals surface area contributed by atoms with E-state index in [1.165, 1.54) is 33.1 Å². The molecule has 0 saturated carbocycles. The van der Waals surface area contributed by atoms with Crippen molar-refractivity contribution in [2.45, 2.75) is 180 Å². The zero-order valence-electron chi connectivity index (χ0n) is 33.5. The molecule has 0 saturated heterocycles. The van der Waals surface area contributed by atoms with Crippen LogP contribution in [-0.4, -0.2) is 91.7 Å². The second-order valence-corrected chi connectivity index (χ2v) is 11.4. The average Bonchev–Trinajstić information content (AvgIpc) is 2.90. The van der Waals surface area contributed by atoms with Crippen LogP contribution in [-0.2, 0) is 33.2 Å². The first-order chi connectivity index (χ1) is 20.9. The number of aliphatic hydroxyl groups is 2. The lowest BCUT2D eigenvalue weighted by atomic mass is 10.3. The number of aliphatic hydroxyl groups excluding tert-OH is 2. The summed E-state index contributed by atoms with van der Waals surface area (Å²) in [6.07, 6.45) is 8.88. The Morgan fingerprint density at radius 2 is 0.674 bits per heavy atom. The molecule has 0 rings (SSSR count). The van der Waals surface area contributed by atoms with Gasteiger partial charge in [-0.1, -0.05) is 53.4 Å². The van der Waals surface area contributed by atoms with E-state index in [1.54, 1.807) is 6.92 Å². The van der Waals surface area contributed by atoms with Crippen LogP contribution in [0.4, 0.5) is 0 Å². The fraction of sp³-hybridized carbons (Fsp3) is 0.972. The van der Waals surface area contributed by atoms with Crippen LogP contribution in [0.25, 0.3) is 0 Å². The minimum atomic E-state index is -0.399. The number of hydrogen-bond donors (Lipinski definition) is 2. The monoisotopic (exact) mass is 676 g/mol. The molecule has 10 nitrogen and oxygen atoms in total. The summed E-state index contributed by atoms with van der Waals surface area (Å²) < 4.78 is 32.5. The lowest BCUT2D eigenvalue weighted by Gasteiger charge is -2.25. The molecular weight excluding hydrogens is 592 g/mol. The van der Waals surface area contributed by atoms with Crippen LogP contribution < -0.4 is 0 Å². The Bertz CT molecular complexity index is 501. The first kappa shape index (κ1) is 60.6. The van der Waals surface area contributed by atoms with E-state index >= 15 is 0 Å². The van der Waals surface area contributed by atoms with Crippen molar-refractivity contribution in [2.75, 3.05) is 52.9 Å². The van der Waals surface area contributed by atoms with Gasteiger partial charge < -0.3 is 48.9 Å². The van der Waals surface area contributed by atoms with E-state index in [1.807, 2.05) is 62.3 Å². The van der Waals surface area contributed by atoms with Gasteiger partial charge in [0.2, 0.25) is 0 Å². The Balaban J connectivity index is -0.0000000843. The summed E-state index contributed by atoms with van der Waals surface area (Å²) in [6, 6.07) is 0. The van der Waals surface area contributed by atoms with Crippen LogP contribution in [0.15, 0.2) is 0 Å². The predicted molar refractivity (Wildman–Crippen MR) is 193 cm³/mol.